The van der Waals surface area contributed by atoms with Gasteiger partial charge in [-0.3, -0.25) is 4.79 Å². The van der Waals surface area contributed by atoms with E-state index in [1.807, 2.05) is 0 Å². The van der Waals surface area contributed by atoms with Crippen molar-refractivity contribution in [2.45, 2.75) is 6.61 Å². The number of benzene rings is 1. The van der Waals surface area contributed by atoms with Crippen molar-refractivity contribution in [1.82, 2.24) is 0 Å². The number of methoxy groups -OCH3 is 2. The smallest absolute Gasteiger partial charge is 0.153 e. The van der Waals surface area contributed by atoms with E-state index >= 15 is 0 Å². The Kier molecular flexibility index (Phi) is 4.10. The van der Waals surface area contributed by atoms with Gasteiger partial charge < -0.3 is 9.47 Å². The predicted molar refractivity (Wildman–Crippen MR) is 56.8 cm³/mol. The molecule has 0 saturated heterocycles. The molecule has 0 amide bonds. The molecule has 76 valence electrons. The first-order chi connectivity index (χ1) is 6.72. The van der Waals surface area contributed by atoms with Crippen LogP contribution in [0.15, 0.2) is 16.6 Å². The van der Waals surface area contributed by atoms with Crippen molar-refractivity contribution in [3.8, 4) is 5.75 Å². The van der Waals surface area contributed by atoms with Crippen molar-refractivity contribution in [2.24, 2.45) is 0 Å². The minimum absolute atomic E-state index is 0.482. The molecule has 0 fully saturated rings. The lowest BCUT2D eigenvalue weighted by Gasteiger charge is -2.08. The summed E-state index contributed by atoms with van der Waals surface area (Å²) in [6.45, 7) is 0.482. The highest BCUT2D eigenvalue weighted by atomic mass is 79.9. The molecule has 0 spiro atoms. The predicted octanol–water partition coefficient (Wildman–Crippen LogP) is 2.42. The minimum Gasteiger partial charge on any atom is -0.496 e. The lowest BCUT2D eigenvalue weighted by molar-refractivity contribution is 0.112. The van der Waals surface area contributed by atoms with E-state index in [1.165, 1.54) is 7.11 Å². The number of hydrogen-bond acceptors (Lipinski definition) is 3. The molecule has 0 bridgehead atoms. The van der Waals surface area contributed by atoms with Crippen LogP contribution in [0.5, 0.6) is 5.75 Å². The number of halogens is 1. The van der Waals surface area contributed by atoms with Crippen LogP contribution in [0.1, 0.15) is 15.9 Å². The lowest BCUT2D eigenvalue weighted by Crippen LogP contribution is -1.95. The quantitative estimate of drug-likeness (QED) is 0.779. The second-order valence-corrected chi connectivity index (χ2v) is 3.59. The lowest BCUT2D eigenvalue weighted by atomic mass is 10.1. The zero-order valence-corrected chi connectivity index (χ0v) is 9.63. The average Bonchev–Trinajstić information content (AvgIpc) is 2.20. The van der Waals surface area contributed by atoms with Gasteiger partial charge in [-0.15, -0.1) is 0 Å². The molecule has 1 aromatic rings. The summed E-state index contributed by atoms with van der Waals surface area (Å²) >= 11 is 3.36. The second kappa shape index (κ2) is 5.12. The molecule has 0 N–H and O–H groups in total. The molecule has 0 saturated carbocycles. The van der Waals surface area contributed by atoms with E-state index in [0.29, 0.717) is 17.9 Å². The van der Waals surface area contributed by atoms with Crippen LogP contribution in [-0.4, -0.2) is 20.5 Å². The van der Waals surface area contributed by atoms with Gasteiger partial charge in [0.15, 0.2) is 6.29 Å². The molecule has 14 heavy (non-hydrogen) atoms. The maximum Gasteiger partial charge on any atom is 0.153 e. The third-order valence-electron chi connectivity index (χ3n) is 1.83. The summed E-state index contributed by atoms with van der Waals surface area (Å²) in [4.78, 5) is 10.7. The van der Waals surface area contributed by atoms with Gasteiger partial charge in [0.05, 0.1) is 19.3 Å². The normalized spacial score (nSPS) is 9.93. The SMILES string of the molecule is COCc1cc(OC)c(C=O)cc1Br. The van der Waals surface area contributed by atoms with E-state index in [2.05, 4.69) is 15.9 Å². The number of carbonyl (C=O) groups is 1. The van der Waals surface area contributed by atoms with Gasteiger partial charge in [0.25, 0.3) is 0 Å². The maximum absolute atomic E-state index is 10.7. The standard InChI is InChI=1S/C10H11BrO3/c1-13-6-8-4-10(14-2)7(5-12)3-9(8)11/h3-5H,6H2,1-2H3. The molecule has 0 atom stereocenters. The first-order valence-electron chi connectivity index (χ1n) is 4.03. The fourth-order valence-electron chi connectivity index (χ4n) is 1.15. The van der Waals surface area contributed by atoms with Gasteiger partial charge >= 0.3 is 0 Å². The van der Waals surface area contributed by atoms with Gasteiger partial charge in [-0.05, 0) is 17.7 Å². The van der Waals surface area contributed by atoms with Crippen molar-refractivity contribution in [1.29, 1.82) is 0 Å². The van der Waals surface area contributed by atoms with E-state index in [4.69, 9.17) is 9.47 Å². The minimum atomic E-state index is 0.482. The summed E-state index contributed by atoms with van der Waals surface area (Å²) in [5.41, 5.74) is 1.48. The maximum atomic E-state index is 10.7. The Morgan fingerprint density at radius 2 is 2.14 bits per heavy atom. The molecule has 0 aliphatic rings. The molecule has 0 heterocycles. The molecule has 1 rings (SSSR count). The highest BCUT2D eigenvalue weighted by molar-refractivity contribution is 9.10. The molecule has 0 aromatic heterocycles. The Balaban J connectivity index is 3.15. The highest BCUT2D eigenvalue weighted by Crippen LogP contribution is 2.26. The van der Waals surface area contributed by atoms with Crippen LogP contribution in [0.25, 0.3) is 0 Å². The van der Waals surface area contributed by atoms with Crippen molar-refractivity contribution in [2.75, 3.05) is 14.2 Å². The molecule has 0 aliphatic heterocycles. The first kappa shape index (κ1) is 11.2. The van der Waals surface area contributed by atoms with Crippen LogP contribution in [0.3, 0.4) is 0 Å². The van der Waals surface area contributed by atoms with Gasteiger partial charge in [0.1, 0.15) is 5.75 Å². The Morgan fingerprint density at radius 1 is 1.43 bits per heavy atom. The number of carbonyl (C=O) groups excluding carboxylic acids is 1. The Labute approximate surface area is 91.1 Å². The van der Waals surface area contributed by atoms with Crippen LogP contribution in [-0.2, 0) is 11.3 Å². The summed E-state index contributed by atoms with van der Waals surface area (Å²) < 4.78 is 10.9. The number of rotatable bonds is 4. The van der Waals surface area contributed by atoms with Crippen LogP contribution in [0, 0.1) is 0 Å². The van der Waals surface area contributed by atoms with Crippen molar-refractivity contribution >= 4 is 22.2 Å². The molecule has 4 heteroatoms. The molecule has 3 nitrogen and oxygen atoms in total. The molecule has 0 unspecified atom stereocenters. The number of hydrogen-bond donors (Lipinski definition) is 0. The molecule has 0 radical (unpaired) electrons. The van der Waals surface area contributed by atoms with Crippen molar-refractivity contribution in [3.63, 3.8) is 0 Å². The fourth-order valence-corrected chi connectivity index (χ4v) is 1.62. The third kappa shape index (κ3) is 2.33. The van der Waals surface area contributed by atoms with Crippen molar-refractivity contribution < 1.29 is 14.3 Å². The topological polar surface area (TPSA) is 35.5 Å². The zero-order valence-electron chi connectivity index (χ0n) is 8.04. The summed E-state index contributed by atoms with van der Waals surface area (Å²) in [5, 5.41) is 0. The fraction of sp³-hybridized carbons (Fsp3) is 0.300. The van der Waals surface area contributed by atoms with Gasteiger partial charge in [-0.2, -0.15) is 0 Å². The van der Waals surface area contributed by atoms with Gasteiger partial charge in [0.2, 0.25) is 0 Å². The third-order valence-corrected chi connectivity index (χ3v) is 2.56. The van der Waals surface area contributed by atoms with Gasteiger partial charge in [-0.1, -0.05) is 15.9 Å². The summed E-state index contributed by atoms with van der Waals surface area (Å²) in [6.07, 6.45) is 0.764. The van der Waals surface area contributed by atoms with E-state index in [9.17, 15) is 4.79 Å². The Bertz CT molecular complexity index is 336. The zero-order chi connectivity index (χ0) is 10.6. The number of ether oxygens (including phenoxy) is 2. The Morgan fingerprint density at radius 3 is 2.64 bits per heavy atom. The van der Waals surface area contributed by atoms with Crippen LogP contribution < -0.4 is 4.74 Å². The summed E-state index contributed by atoms with van der Waals surface area (Å²) in [6, 6.07) is 3.51. The summed E-state index contributed by atoms with van der Waals surface area (Å²) in [5.74, 6) is 0.565. The van der Waals surface area contributed by atoms with Gasteiger partial charge in [-0.25, -0.2) is 0 Å². The van der Waals surface area contributed by atoms with Crippen LogP contribution in [0.4, 0.5) is 0 Å². The molecular weight excluding hydrogens is 248 g/mol. The molecule has 1 aromatic carbocycles. The molecular formula is C10H11BrO3. The van der Waals surface area contributed by atoms with E-state index < -0.39 is 0 Å². The first-order valence-corrected chi connectivity index (χ1v) is 4.82. The monoisotopic (exact) mass is 258 g/mol. The Hall–Kier alpha value is -0.870. The number of aldehydes is 1. The van der Waals surface area contributed by atoms with Crippen molar-refractivity contribution in [3.05, 3.63) is 27.7 Å². The van der Waals surface area contributed by atoms with E-state index in [1.54, 1.807) is 19.2 Å². The second-order valence-electron chi connectivity index (χ2n) is 2.74. The summed E-state index contributed by atoms with van der Waals surface area (Å²) in [7, 11) is 3.15. The van der Waals surface area contributed by atoms with E-state index in [0.717, 1.165) is 16.3 Å². The largest absolute Gasteiger partial charge is 0.496 e. The average molecular weight is 259 g/mol. The highest BCUT2D eigenvalue weighted by Gasteiger charge is 2.07. The van der Waals surface area contributed by atoms with E-state index in [-0.39, 0.29) is 0 Å². The molecule has 0 aliphatic carbocycles. The van der Waals surface area contributed by atoms with Crippen LogP contribution in [0.2, 0.25) is 0 Å². The van der Waals surface area contributed by atoms with Crippen LogP contribution >= 0.6 is 15.9 Å². The van der Waals surface area contributed by atoms with Gasteiger partial charge in [0, 0.05) is 11.6 Å².